The number of esters is 2. The fourth-order valence-corrected chi connectivity index (χ4v) is 6.87. The molecule has 4 saturated carbocycles. The van der Waals surface area contributed by atoms with E-state index >= 15 is 0 Å². The number of hydrogen-bond acceptors (Lipinski definition) is 5. The molecule has 0 aliphatic heterocycles. The molecule has 0 aromatic carbocycles. The maximum absolute atomic E-state index is 13.4. The molecule has 0 heterocycles. The number of rotatable bonds is 6. The van der Waals surface area contributed by atoms with Gasteiger partial charge in [-0.05, 0) is 62.2 Å². The van der Waals surface area contributed by atoms with Gasteiger partial charge in [0.25, 0.3) is 0 Å². The molecule has 200 valence electrons. The molecular formula is C24H32F6O5. The number of alkyl halides is 6. The molecule has 0 spiro atoms. The summed E-state index contributed by atoms with van der Waals surface area (Å²) in [4.78, 5) is 37.2. The van der Waals surface area contributed by atoms with Crippen LogP contribution in [0.5, 0.6) is 0 Å². The fraction of sp³-hybridized carbons (Fsp3) is 0.875. The predicted octanol–water partition coefficient (Wildman–Crippen LogP) is 6.08. The Hall–Kier alpha value is -1.81. The quantitative estimate of drug-likeness (QED) is 0.317. The van der Waals surface area contributed by atoms with E-state index in [2.05, 4.69) is 0 Å². The average Bonchev–Trinajstić information content (AvgIpc) is 2.62. The van der Waals surface area contributed by atoms with Gasteiger partial charge in [-0.25, -0.2) is 4.79 Å². The SMILES string of the molecule is CCC(C)(C(=O)OC12CC3CC(CC(=O)C(F)(F)F)(CC(OC(=O)C(F)(F)F)(C3)C1)C2)C(C)(C)C. The van der Waals surface area contributed by atoms with Crippen LogP contribution in [0, 0.1) is 22.2 Å². The van der Waals surface area contributed by atoms with E-state index in [1.54, 1.807) is 13.8 Å². The Labute approximate surface area is 200 Å². The van der Waals surface area contributed by atoms with E-state index in [-0.39, 0.29) is 38.5 Å². The monoisotopic (exact) mass is 514 g/mol. The number of Topliss-reactive ketones (excluding diaryl/α,β-unsaturated/α-hetero) is 1. The zero-order valence-electron chi connectivity index (χ0n) is 20.5. The number of ketones is 1. The highest BCUT2D eigenvalue weighted by atomic mass is 19.4. The van der Waals surface area contributed by atoms with Gasteiger partial charge < -0.3 is 9.47 Å². The van der Waals surface area contributed by atoms with Crippen molar-refractivity contribution in [1.29, 1.82) is 0 Å². The highest BCUT2D eigenvalue weighted by Gasteiger charge is 2.69. The minimum atomic E-state index is -5.30. The third kappa shape index (κ3) is 5.05. The van der Waals surface area contributed by atoms with Crippen molar-refractivity contribution < 1.29 is 50.2 Å². The van der Waals surface area contributed by atoms with Crippen LogP contribution in [0.15, 0.2) is 0 Å². The van der Waals surface area contributed by atoms with Crippen molar-refractivity contribution in [3.63, 3.8) is 0 Å². The van der Waals surface area contributed by atoms with Crippen LogP contribution in [-0.4, -0.2) is 41.3 Å². The Morgan fingerprint density at radius 2 is 1.26 bits per heavy atom. The van der Waals surface area contributed by atoms with Crippen molar-refractivity contribution in [2.24, 2.45) is 22.2 Å². The Bertz CT molecular complexity index is 858. The second kappa shape index (κ2) is 8.10. The average molecular weight is 515 g/mol. The first-order chi connectivity index (χ1) is 15.6. The third-order valence-electron chi connectivity index (χ3n) is 8.60. The van der Waals surface area contributed by atoms with Gasteiger partial charge in [-0.15, -0.1) is 0 Å². The van der Waals surface area contributed by atoms with E-state index in [9.17, 15) is 40.7 Å². The van der Waals surface area contributed by atoms with Gasteiger partial charge in [0.1, 0.15) is 11.2 Å². The molecule has 4 rings (SSSR count). The molecule has 0 saturated heterocycles. The molecule has 4 fully saturated rings. The Morgan fingerprint density at radius 1 is 0.771 bits per heavy atom. The lowest BCUT2D eigenvalue weighted by atomic mass is 9.45. The van der Waals surface area contributed by atoms with Gasteiger partial charge in [0, 0.05) is 12.8 Å². The molecule has 5 atom stereocenters. The van der Waals surface area contributed by atoms with E-state index < -0.39 is 69.9 Å². The van der Waals surface area contributed by atoms with Gasteiger partial charge in [-0.3, -0.25) is 9.59 Å². The zero-order valence-corrected chi connectivity index (χ0v) is 20.5. The minimum Gasteiger partial charge on any atom is -0.458 e. The van der Waals surface area contributed by atoms with Crippen molar-refractivity contribution in [3.05, 3.63) is 0 Å². The molecule has 35 heavy (non-hydrogen) atoms. The van der Waals surface area contributed by atoms with Gasteiger partial charge in [-0.1, -0.05) is 27.7 Å². The summed E-state index contributed by atoms with van der Waals surface area (Å²) in [6, 6.07) is 0. The van der Waals surface area contributed by atoms with E-state index in [0.717, 1.165) is 0 Å². The van der Waals surface area contributed by atoms with Crippen LogP contribution >= 0.6 is 0 Å². The summed E-state index contributed by atoms with van der Waals surface area (Å²) < 4.78 is 89.7. The van der Waals surface area contributed by atoms with Crippen molar-refractivity contribution >= 4 is 17.7 Å². The van der Waals surface area contributed by atoms with Crippen LogP contribution in [0.4, 0.5) is 26.3 Å². The second-order valence-corrected chi connectivity index (χ2v) is 12.2. The minimum absolute atomic E-state index is 0.0143. The van der Waals surface area contributed by atoms with Crippen molar-refractivity contribution in [2.45, 2.75) is 110 Å². The number of ether oxygens (including phenoxy) is 2. The van der Waals surface area contributed by atoms with Crippen molar-refractivity contribution in [3.8, 4) is 0 Å². The first kappa shape index (κ1) is 27.8. The molecule has 0 N–H and O–H groups in total. The lowest BCUT2D eigenvalue weighted by Gasteiger charge is -2.65. The summed E-state index contributed by atoms with van der Waals surface area (Å²) in [6.45, 7) is 9.02. The van der Waals surface area contributed by atoms with Crippen LogP contribution in [0.2, 0.25) is 0 Å². The van der Waals surface area contributed by atoms with Crippen molar-refractivity contribution in [2.75, 3.05) is 0 Å². The normalized spacial score (nSPS) is 34.3. The van der Waals surface area contributed by atoms with Gasteiger partial charge in [0.15, 0.2) is 0 Å². The first-order valence-corrected chi connectivity index (χ1v) is 11.7. The summed E-state index contributed by atoms with van der Waals surface area (Å²) in [6.07, 6.45) is -11.2. The van der Waals surface area contributed by atoms with E-state index in [4.69, 9.17) is 9.47 Å². The standard InChI is InChI=1S/C24H32F6O5/c1-6-19(5,18(2,3)4)16(32)34-21-8-14-7-20(11-21,10-15(31)23(25,26)27)12-22(9-14,13-21)35-17(33)24(28,29)30/h14H,6-13H2,1-5H3. The molecule has 4 aliphatic carbocycles. The zero-order chi connectivity index (χ0) is 26.9. The molecule has 4 aliphatic rings. The molecule has 4 bridgehead atoms. The molecule has 0 aromatic rings. The van der Waals surface area contributed by atoms with Gasteiger partial charge in [-0.2, -0.15) is 26.3 Å². The summed E-state index contributed by atoms with van der Waals surface area (Å²) in [5.74, 6) is -5.50. The topological polar surface area (TPSA) is 69.7 Å². The van der Waals surface area contributed by atoms with Crippen LogP contribution in [0.1, 0.15) is 86.0 Å². The van der Waals surface area contributed by atoms with Crippen LogP contribution < -0.4 is 0 Å². The maximum atomic E-state index is 13.4. The summed E-state index contributed by atoms with van der Waals surface area (Å²) in [5.41, 5.74) is -6.10. The molecule has 0 amide bonds. The summed E-state index contributed by atoms with van der Waals surface area (Å²) in [5, 5.41) is 0. The smallest absolute Gasteiger partial charge is 0.458 e. The highest BCUT2D eigenvalue weighted by molar-refractivity contribution is 5.85. The van der Waals surface area contributed by atoms with E-state index in [1.807, 2.05) is 20.8 Å². The predicted molar refractivity (Wildman–Crippen MR) is 111 cm³/mol. The Morgan fingerprint density at radius 3 is 1.66 bits per heavy atom. The molecule has 0 radical (unpaired) electrons. The number of halogens is 6. The molecule has 11 heteroatoms. The van der Waals surface area contributed by atoms with Crippen LogP contribution in [0.25, 0.3) is 0 Å². The number of hydrogen-bond donors (Lipinski definition) is 0. The highest BCUT2D eigenvalue weighted by Crippen LogP contribution is 2.67. The van der Waals surface area contributed by atoms with Gasteiger partial charge in [0.05, 0.1) is 5.41 Å². The number of carbonyl (C=O) groups is 3. The Kier molecular flexibility index (Phi) is 6.42. The fourth-order valence-electron chi connectivity index (χ4n) is 6.87. The summed E-state index contributed by atoms with van der Waals surface area (Å²) >= 11 is 0. The second-order valence-electron chi connectivity index (χ2n) is 12.2. The molecule has 5 unspecified atom stereocenters. The summed E-state index contributed by atoms with van der Waals surface area (Å²) in [7, 11) is 0. The van der Waals surface area contributed by atoms with Crippen molar-refractivity contribution in [1.82, 2.24) is 0 Å². The maximum Gasteiger partial charge on any atom is 0.490 e. The lowest BCUT2D eigenvalue weighted by molar-refractivity contribution is -0.271. The molecule has 0 aromatic heterocycles. The van der Waals surface area contributed by atoms with Gasteiger partial charge >= 0.3 is 24.3 Å². The molecular weight excluding hydrogens is 482 g/mol. The van der Waals surface area contributed by atoms with E-state index in [1.165, 1.54) is 0 Å². The van der Waals surface area contributed by atoms with Crippen LogP contribution in [0.3, 0.4) is 0 Å². The first-order valence-electron chi connectivity index (χ1n) is 11.7. The van der Waals surface area contributed by atoms with E-state index in [0.29, 0.717) is 6.42 Å². The number of carbonyl (C=O) groups excluding carboxylic acids is 3. The van der Waals surface area contributed by atoms with Crippen LogP contribution in [-0.2, 0) is 23.9 Å². The molecule has 5 nitrogen and oxygen atoms in total. The lowest BCUT2D eigenvalue weighted by Crippen LogP contribution is -2.67. The third-order valence-corrected chi connectivity index (χ3v) is 8.60. The van der Waals surface area contributed by atoms with Gasteiger partial charge in [0.2, 0.25) is 5.78 Å². The largest absolute Gasteiger partial charge is 0.490 e. The Balaban J connectivity index is 2.02.